The molecule has 0 bridgehead atoms. The second kappa shape index (κ2) is 5.38. The zero-order chi connectivity index (χ0) is 14.1. The normalized spacial score (nSPS) is 10.8. The number of para-hydroxylation sites is 1. The first-order valence-electron chi connectivity index (χ1n) is 6.09. The molecule has 0 atom stereocenters. The van der Waals surface area contributed by atoms with E-state index in [-0.39, 0.29) is 5.28 Å². The van der Waals surface area contributed by atoms with Crippen molar-refractivity contribution in [2.45, 2.75) is 6.92 Å². The monoisotopic (exact) mass is 347 g/mol. The molecule has 5 heteroatoms. The fourth-order valence-corrected chi connectivity index (χ4v) is 2.54. The Morgan fingerprint density at radius 3 is 2.75 bits per heavy atom. The Hall–Kier alpha value is -1.65. The highest BCUT2D eigenvalue weighted by atomic mass is 79.9. The lowest BCUT2D eigenvalue weighted by molar-refractivity contribution is 1.21. The summed E-state index contributed by atoms with van der Waals surface area (Å²) in [5.41, 5.74) is 2.94. The van der Waals surface area contributed by atoms with Crippen LogP contribution in [0.15, 0.2) is 46.9 Å². The van der Waals surface area contributed by atoms with Crippen molar-refractivity contribution < 1.29 is 0 Å². The lowest BCUT2D eigenvalue weighted by Gasteiger charge is -2.11. The van der Waals surface area contributed by atoms with Crippen LogP contribution in [-0.2, 0) is 0 Å². The quantitative estimate of drug-likeness (QED) is 0.655. The van der Waals surface area contributed by atoms with Crippen molar-refractivity contribution in [3.63, 3.8) is 0 Å². The lowest BCUT2D eigenvalue weighted by atomic mass is 10.2. The minimum atomic E-state index is 0.235. The van der Waals surface area contributed by atoms with Gasteiger partial charge in [-0.15, -0.1) is 0 Å². The molecule has 3 nitrogen and oxygen atoms in total. The molecule has 0 aliphatic carbocycles. The summed E-state index contributed by atoms with van der Waals surface area (Å²) in [5, 5.41) is 4.51. The number of benzene rings is 2. The third-order valence-electron chi connectivity index (χ3n) is 3.03. The molecule has 0 saturated heterocycles. The molecule has 0 aliphatic rings. The van der Waals surface area contributed by atoms with Gasteiger partial charge in [-0.05, 0) is 48.4 Å². The molecule has 0 spiro atoms. The van der Waals surface area contributed by atoms with Crippen LogP contribution in [0.25, 0.3) is 10.9 Å². The highest BCUT2D eigenvalue weighted by molar-refractivity contribution is 9.10. The van der Waals surface area contributed by atoms with E-state index in [4.69, 9.17) is 11.6 Å². The third kappa shape index (κ3) is 2.62. The average molecular weight is 349 g/mol. The predicted octanol–water partition coefficient (Wildman–Crippen LogP) is 5.10. The van der Waals surface area contributed by atoms with Gasteiger partial charge in [-0.1, -0.05) is 34.1 Å². The van der Waals surface area contributed by atoms with Crippen molar-refractivity contribution in [3.05, 3.63) is 57.8 Å². The molecule has 100 valence electrons. The molecule has 20 heavy (non-hydrogen) atoms. The topological polar surface area (TPSA) is 37.8 Å². The molecule has 0 fully saturated rings. The van der Waals surface area contributed by atoms with E-state index in [2.05, 4.69) is 31.2 Å². The Morgan fingerprint density at radius 1 is 1.10 bits per heavy atom. The zero-order valence-electron chi connectivity index (χ0n) is 10.7. The number of anilines is 2. The SMILES string of the molecule is Cc1ccc(Br)cc1Nc1nc(Cl)nc2ccccc12. The number of hydrogen-bond donors (Lipinski definition) is 1. The Morgan fingerprint density at radius 2 is 1.90 bits per heavy atom. The van der Waals surface area contributed by atoms with Crippen molar-refractivity contribution in [2.24, 2.45) is 0 Å². The standard InChI is InChI=1S/C15H11BrClN3/c1-9-6-7-10(16)8-13(9)18-14-11-4-2-3-5-12(11)19-15(17)20-14/h2-8H,1H3,(H,18,19,20). The van der Waals surface area contributed by atoms with E-state index in [1.807, 2.05) is 49.4 Å². The first-order chi connectivity index (χ1) is 9.63. The number of nitrogens with one attached hydrogen (secondary N) is 1. The molecule has 3 aromatic rings. The summed E-state index contributed by atoms with van der Waals surface area (Å²) < 4.78 is 1.01. The molecular weight excluding hydrogens is 338 g/mol. The molecule has 3 rings (SSSR count). The van der Waals surface area contributed by atoms with Crippen LogP contribution >= 0.6 is 27.5 Å². The maximum Gasteiger partial charge on any atom is 0.224 e. The second-order valence-corrected chi connectivity index (χ2v) is 5.70. The first kappa shape index (κ1) is 13.3. The van der Waals surface area contributed by atoms with E-state index in [1.165, 1.54) is 0 Å². The minimum absolute atomic E-state index is 0.235. The van der Waals surface area contributed by atoms with Gasteiger partial charge in [-0.3, -0.25) is 0 Å². The fraction of sp³-hybridized carbons (Fsp3) is 0.0667. The van der Waals surface area contributed by atoms with Gasteiger partial charge in [0, 0.05) is 15.5 Å². The highest BCUT2D eigenvalue weighted by Gasteiger charge is 2.08. The Kier molecular flexibility index (Phi) is 3.59. The van der Waals surface area contributed by atoms with Crippen LogP contribution in [0.5, 0.6) is 0 Å². The van der Waals surface area contributed by atoms with E-state index in [0.717, 1.165) is 26.6 Å². The van der Waals surface area contributed by atoms with Crippen molar-refractivity contribution in [3.8, 4) is 0 Å². The van der Waals surface area contributed by atoms with Gasteiger partial charge in [-0.25, -0.2) is 4.98 Å². The van der Waals surface area contributed by atoms with Crippen LogP contribution in [0.4, 0.5) is 11.5 Å². The number of rotatable bonds is 2. The van der Waals surface area contributed by atoms with Crippen LogP contribution in [0.1, 0.15) is 5.56 Å². The smallest absolute Gasteiger partial charge is 0.224 e. The van der Waals surface area contributed by atoms with Crippen molar-refractivity contribution in [1.29, 1.82) is 0 Å². The van der Waals surface area contributed by atoms with E-state index < -0.39 is 0 Å². The van der Waals surface area contributed by atoms with Crippen molar-refractivity contribution in [1.82, 2.24) is 9.97 Å². The largest absolute Gasteiger partial charge is 0.339 e. The van der Waals surface area contributed by atoms with Gasteiger partial charge in [0.25, 0.3) is 0 Å². The van der Waals surface area contributed by atoms with Gasteiger partial charge < -0.3 is 5.32 Å². The van der Waals surface area contributed by atoms with E-state index in [1.54, 1.807) is 0 Å². The summed E-state index contributed by atoms with van der Waals surface area (Å²) in [7, 11) is 0. The number of hydrogen-bond acceptors (Lipinski definition) is 3. The lowest BCUT2D eigenvalue weighted by Crippen LogP contribution is -1.98. The van der Waals surface area contributed by atoms with Crippen molar-refractivity contribution >= 4 is 49.9 Å². The number of fused-ring (bicyclic) bond motifs is 1. The fourth-order valence-electron chi connectivity index (χ4n) is 2.00. The van der Waals surface area contributed by atoms with Crippen LogP contribution in [0.2, 0.25) is 5.28 Å². The number of aryl methyl sites for hydroxylation is 1. The average Bonchev–Trinajstić information content (AvgIpc) is 2.43. The van der Waals surface area contributed by atoms with Gasteiger partial charge in [0.2, 0.25) is 5.28 Å². The zero-order valence-corrected chi connectivity index (χ0v) is 13.0. The van der Waals surface area contributed by atoms with E-state index in [9.17, 15) is 0 Å². The minimum Gasteiger partial charge on any atom is -0.339 e. The number of nitrogens with zero attached hydrogens (tertiary/aromatic N) is 2. The molecule has 0 radical (unpaired) electrons. The third-order valence-corrected chi connectivity index (χ3v) is 3.69. The molecule has 0 saturated carbocycles. The first-order valence-corrected chi connectivity index (χ1v) is 7.26. The maximum atomic E-state index is 5.99. The summed E-state index contributed by atoms with van der Waals surface area (Å²) >= 11 is 9.46. The van der Waals surface area contributed by atoms with Crippen molar-refractivity contribution in [2.75, 3.05) is 5.32 Å². The van der Waals surface area contributed by atoms with Crippen LogP contribution in [0, 0.1) is 6.92 Å². The van der Waals surface area contributed by atoms with E-state index in [0.29, 0.717) is 5.82 Å². The molecular formula is C15H11BrClN3. The predicted molar refractivity (Wildman–Crippen MR) is 86.7 cm³/mol. The van der Waals surface area contributed by atoms with Crippen LogP contribution < -0.4 is 5.32 Å². The summed E-state index contributed by atoms with van der Waals surface area (Å²) in [6, 6.07) is 13.8. The Labute approximate surface area is 130 Å². The highest BCUT2D eigenvalue weighted by Crippen LogP contribution is 2.28. The van der Waals surface area contributed by atoms with Gasteiger partial charge in [0.1, 0.15) is 5.82 Å². The molecule has 1 N–H and O–H groups in total. The Balaban J connectivity index is 2.13. The molecule has 0 unspecified atom stereocenters. The van der Waals surface area contributed by atoms with Gasteiger partial charge >= 0.3 is 0 Å². The Bertz CT molecular complexity index is 789. The summed E-state index contributed by atoms with van der Waals surface area (Å²) in [6.07, 6.45) is 0. The molecule has 1 heterocycles. The number of halogens is 2. The second-order valence-electron chi connectivity index (χ2n) is 4.44. The summed E-state index contributed by atoms with van der Waals surface area (Å²) in [6.45, 7) is 2.04. The summed E-state index contributed by atoms with van der Waals surface area (Å²) in [5.74, 6) is 0.710. The van der Waals surface area contributed by atoms with Gasteiger partial charge in [0.15, 0.2) is 0 Å². The van der Waals surface area contributed by atoms with Crippen LogP contribution in [0.3, 0.4) is 0 Å². The van der Waals surface area contributed by atoms with Gasteiger partial charge in [-0.2, -0.15) is 4.98 Å². The molecule has 1 aromatic heterocycles. The van der Waals surface area contributed by atoms with Gasteiger partial charge in [0.05, 0.1) is 5.52 Å². The molecule has 0 aliphatic heterocycles. The number of aromatic nitrogens is 2. The summed E-state index contributed by atoms with van der Waals surface area (Å²) in [4.78, 5) is 8.52. The maximum absolute atomic E-state index is 5.99. The van der Waals surface area contributed by atoms with E-state index >= 15 is 0 Å². The molecule has 0 amide bonds. The van der Waals surface area contributed by atoms with Crippen LogP contribution in [-0.4, -0.2) is 9.97 Å². The molecule has 2 aromatic carbocycles.